The molecule has 2 rings (SSSR count). The molecule has 1 aliphatic rings. The fourth-order valence-electron chi connectivity index (χ4n) is 2.32. The van der Waals surface area contributed by atoms with E-state index in [1.807, 2.05) is 0 Å². The minimum atomic E-state index is -3.93. The summed E-state index contributed by atoms with van der Waals surface area (Å²) < 4.78 is 27.9. The second-order valence-corrected chi connectivity index (χ2v) is 8.04. The van der Waals surface area contributed by atoms with Gasteiger partial charge in [-0.25, -0.2) is 8.42 Å². The van der Waals surface area contributed by atoms with Crippen LogP contribution in [-0.2, 0) is 10.0 Å². The molecular formula is C14H16Cl2N2O2S. The third-order valence-electron chi connectivity index (χ3n) is 3.83. The van der Waals surface area contributed by atoms with E-state index >= 15 is 0 Å². The second-order valence-electron chi connectivity index (χ2n) is 5.64. The summed E-state index contributed by atoms with van der Waals surface area (Å²) in [5.74, 6) is 0.0386. The summed E-state index contributed by atoms with van der Waals surface area (Å²) in [6.07, 6.45) is 1.68. The first-order valence-electron chi connectivity index (χ1n) is 6.53. The van der Waals surface area contributed by atoms with Crippen molar-refractivity contribution < 1.29 is 8.42 Å². The first kappa shape index (κ1) is 16.6. The predicted octanol–water partition coefficient (Wildman–Crippen LogP) is 3.58. The Labute approximate surface area is 135 Å². The molecule has 1 atom stereocenters. The van der Waals surface area contributed by atoms with Crippen LogP contribution in [0.3, 0.4) is 0 Å². The van der Waals surface area contributed by atoms with Crippen LogP contribution in [0.25, 0.3) is 0 Å². The van der Waals surface area contributed by atoms with Gasteiger partial charge in [0, 0.05) is 5.02 Å². The van der Waals surface area contributed by atoms with Crippen LogP contribution >= 0.6 is 23.2 Å². The largest absolute Gasteiger partial charge is 0.243 e. The highest BCUT2D eigenvalue weighted by atomic mass is 35.5. The van der Waals surface area contributed by atoms with Gasteiger partial charge in [0.15, 0.2) is 0 Å². The van der Waals surface area contributed by atoms with Crippen LogP contribution in [0.15, 0.2) is 11.0 Å². The molecule has 1 N–H and O–H groups in total. The van der Waals surface area contributed by atoms with Crippen molar-refractivity contribution >= 4 is 33.2 Å². The smallest absolute Gasteiger partial charge is 0.207 e. The number of hydrogen-bond donors (Lipinski definition) is 1. The molecule has 0 unspecified atom stereocenters. The summed E-state index contributed by atoms with van der Waals surface area (Å²) in [4.78, 5) is -0.0451. The van der Waals surface area contributed by atoms with Gasteiger partial charge in [-0.3, -0.25) is 0 Å². The average Bonchev–Trinajstić information content (AvgIpc) is 3.20. The van der Waals surface area contributed by atoms with Crippen LogP contribution in [0, 0.1) is 31.1 Å². The number of nitrogens with one attached hydrogen (secondary N) is 1. The molecule has 0 aromatic heterocycles. The van der Waals surface area contributed by atoms with Crippen molar-refractivity contribution in [3.63, 3.8) is 0 Å². The number of nitrogens with zero attached hydrogens (tertiary/aromatic N) is 1. The summed E-state index contributed by atoms with van der Waals surface area (Å²) in [6, 6.07) is 3.70. The van der Waals surface area contributed by atoms with Gasteiger partial charge in [0.05, 0.1) is 11.1 Å². The second kappa shape index (κ2) is 5.44. The molecule has 0 spiro atoms. The van der Waals surface area contributed by atoms with Crippen LogP contribution in [0.5, 0.6) is 0 Å². The molecule has 114 valence electrons. The van der Waals surface area contributed by atoms with Gasteiger partial charge in [-0.2, -0.15) is 9.98 Å². The van der Waals surface area contributed by atoms with Crippen LogP contribution in [-0.4, -0.2) is 14.0 Å². The van der Waals surface area contributed by atoms with E-state index < -0.39 is 15.6 Å². The van der Waals surface area contributed by atoms with Gasteiger partial charge in [-0.1, -0.05) is 23.2 Å². The Morgan fingerprint density at radius 1 is 1.38 bits per heavy atom. The molecule has 21 heavy (non-hydrogen) atoms. The molecule has 1 fully saturated rings. The van der Waals surface area contributed by atoms with Gasteiger partial charge in [-0.15, -0.1) is 0 Å². The Bertz CT molecular complexity index is 710. The number of rotatable bonds is 4. The zero-order chi connectivity index (χ0) is 16.0. The quantitative estimate of drug-likeness (QED) is 0.905. The number of aryl methyl sites for hydroxylation is 1. The molecule has 0 bridgehead atoms. The lowest BCUT2D eigenvalue weighted by Crippen LogP contribution is -2.46. The van der Waals surface area contributed by atoms with E-state index in [9.17, 15) is 13.7 Å². The van der Waals surface area contributed by atoms with E-state index in [1.54, 1.807) is 26.8 Å². The fourth-order valence-corrected chi connectivity index (χ4v) is 4.92. The normalized spacial score (nSPS) is 18.1. The highest BCUT2D eigenvalue weighted by Gasteiger charge is 2.45. The number of sulfonamides is 1. The minimum absolute atomic E-state index is 0.0386. The average molecular weight is 347 g/mol. The molecule has 0 heterocycles. The molecular weight excluding hydrogens is 331 g/mol. The standard InChI is InChI=1S/C14H16Cl2N2O2S/c1-8-6-11(15)9(2)13(12(8)16)21(19,20)18-14(3,7-17)10-4-5-10/h6,10,18H,4-5H2,1-3H3/t14-/m1/s1. The third kappa shape index (κ3) is 3.04. The molecule has 1 aromatic rings. The van der Waals surface area contributed by atoms with Crippen LogP contribution in [0.1, 0.15) is 30.9 Å². The van der Waals surface area contributed by atoms with E-state index in [1.165, 1.54) is 0 Å². The van der Waals surface area contributed by atoms with Crippen molar-refractivity contribution in [3.05, 3.63) is 27.2 Å². The number of benzene rings is 1. The van der Waals surface area contributed by atoms with Gasteiger partial charge in [0.1, 0.15) is 10.4 Å². The maximum atomic E-state index is 12.7. The van der Waals surface area contributed by atoms with Crippen LogP contribution < -0.4 is 4.72 Å². The van der Waals surface area contributed by atoms with Gasteiger partial charge < -0.3 is 0 Å². The zero-order valence-electron chi connectivity index (χ0n) is 12.0. The van der Waals surface area contributed by atoms with E-state index in [2.05, 4.69) is 10.8 Å². The predicted molar refractivity (Wildman–Crippen MR) is 83.0 cm³/mol. The van der Waals surface area contributed by atoms with Crippen LogP contribution in [0.4, 0.5) is 0 Å². The SMILES string of the molecule is Cc1cc(Cl)c(C)c(S(=O)(=O)N[C@](C)(C#N)C2CC2)c1Cl. The summed E-state index contributed by atoms with van der Waals surface area (Å²) in [7, 11) is -3.93. The lowest BCUT2D eigenvalue weighted by molar-refractivity contribution is 0.458. The molecule has 1 saturated carbocycles. The van der Waals surface area contributed by atoms with Crippen molar-refractivity contribution in [3.8, 4) is 6.07 Å². The molecule has 4 nitrogen and oxygen atoms in total. The van der Waals surface area contributed by atoms with Gasteiger partial charge >= 0.3 is 0 Å². The molecule has 0 radical (unpaired) electrons. The molecule has 1 aliphatic carbocycles. The lowest BCUT2D eigenvalue weighted by Gasteiger charge is -2.24. The van der Waals surface area contributed by atoms with Gasteiger partial charge in [-0.05, 0) is 56.7 Å². The highest BCUT2D eigenvalue weighted by molar-refractivity contribution is 7.89. The van der Waals surface area contributed by atoms with Crippen molar-refractivity contribution in [2.24, 2.45) is 5.92 Å². The first-order chi connectivity index (χ1) is 9.62. The summed E-state index contributed by atoms with van der Waals surface area (Å²) in [5.41, 5.74) is -0.154. The molecule has 1 aromatic carbocycles. The Hall–Kier alpha value is -0.800. The molecule has 0 aliphatic heterocycles. The maximum Gasteiger partial charge on any atom is 0.243 e. The van der Waals surface area contributed by atoms with Gasteiger partial charge in [0.2, 0.25) is 10.0 Å². The molecule has 0 saturated heterocycles. The lowest BCUT2D eigenvalue weighted by atomic mass is 10.0. The monoisotopic (exact) mass is 346 g/mol. The van der Waals surface area contributed by atoms with Crippen molar-refractivity contribution in [1.29, 1.82) is 5.26 Å². The van der Waals surface area contributed by atoms with Crippen LogP contribution in [0.2, 0.25) is 10.0 Å². The Morgan fingerprint density at radius 2 is 1.95 bits per heavy atom. The Morgan fingerprint density at radius 3 is 2.43 bits per heavy atom. The minimum Gasteiger partial charge on any atom is -0.207 e. The number of halogens is 2. The van der Waals surface area contributed by atoms with E-state index in [4.69, 9.17) is 23.2 Å². The number of nitriles is 1. The third-order valence-corrected chi connectivity index (χ3v) is 6.56. The van der Waals surface area contributed by atoms with Gasteiger partial charge in [0.25, 0.3) is 0 Å². The van der Waals surface area contributed by atoms with E-state index in [0.29, 0.717) is 16.1 Å². The van der Waals surface area contributed by atoms with Crippen molar-refractivity contribution in [2.45, 2.75) is 44.0 Å². The first-order valence-corrected chi connectivity index (χ1v) is 8.76. The topological polar surface area (TPSA) is 70.0 Å². The summed E-state index contributed by atoms with van der Waals surface area (Å²) in [6.45, 7) is 4.89. The molecule has 7 heteroatoms. The summed E-state index contributed by atoms with van der Waals surface area (Å²) >= 11 is 12.2. The highest BCUT2D eigenvalue weighted by Crippen LogP contribution is 2.41. The molecule has 0 amide bonds. The zero-order valence-corrected chi connectivity index (χ0v) is 14.3. The number of hydrogen-bond acceptors (Lipinski definition) is 3. The van der Waals surface area contributed by atoms with Crippen molar-refractivity contribution in [2.75, 3.05) is 0 Å². The maximum absolute atomic E-state index is 12.7. The fraction of sp³-hybridized carbons (Fsp3) is 0.500. The summed E-state index contributed by atoms with van der Waals surface area (Å²) in [5, 5.41) is 9.79. The van der Waals surface area contributed by atoms with E-state index in [-0.39, 0.29) is 15.8 Å². The Balaban J connectivity index is 2.53. The van der Waals surface area contributed by atoms with E-state index in [0.717, 1.165) is 12.8 Å². The Kier molecular flexibility index (Phi) is 4.29. The van der Waals surface area contributed by atoms with Crippen molar-refractivity contribution in [1.82, 2.24) is 4.72 Å².